The van der Waals surface area contributed by atoms with Crippen molar-refractivity contribution in [2.45, 2.75) is 19.0 Å². The molecule has 0 unspecified atom stereocenters. The summed E-state index contributed by atoms with van der Waals surface area (Å²) in [6.45, 7) is 4.23. The van der Waals surface area contributed by atoms with Crippen LogP contribution in [0.3, 0.4) is 0 Å². The van der Waals surface area contributed by atoms with E-state index in [-0.39, 0.29) is 0 Å². The molecule has 2 amide bonds. The lowest BCUT2D eigenvalue weighted by Gasteiger charge is -2.16. The molecule has 0 bridgehead atoms. The number of anilines is 1. The molecule has 2 N–H and O–H groups in total. The molecule has 8 heteroatoms. The number of amides is 2. The molecule has 0 aliphatic carbocycles. The lowest BCUT2D eigenvalue weighted by molar-refractivity contribution is -0.137. The zero-order valence-electron chi connectivity index (χ0n) is 14.2. The highest BCUT2D eigenvalue weighted by atomic mass is 19.4. The van der Waals surface area contributed by atoms with Gasteiger partial charge in [0.1, 0.15) is 0 Å². The SMILES string of the molecule is COCCCN1CC[C@@H](CNC(=O)Nc2ccc(C(F)(F)F)cc2)C1. The molecule has 25 heavy (non-hydrogen) atoms. The summed E-state index contributed by atoms with van der Waals surface area (Å²) in [4.78, 5) is 14.2. The molecule has 1 heterocycles. The normalized spacial score (nSPS) is 18.3. The Hall–Kier alpha value is -1.80. The largest absolute Gasteiger partial charge is 0.416 e. The van der Waals surface area contributed by atoms with Crippen LogP contribution in [0.4, 0.5) is 23.7 Å². The van der Waals surface area contributed by atoms with Gasteiger partial charge in [-0.3, -0.25) is 0 Å². The molecule has 1 atom stereocenters. The standard InChI is InChI=1S/C17H24F3N3O2/c1-25-10-2-8-23-9-7-13(12-23)11-21-16(24)22-15-5-3-14(4-6-15)17(18,19)20/h3-6,13H,2,7-12H2,1H3,(H2,21,22,24)/t13-/m0/s1. The predicted octanol–water partition coefficient (Wildman–Crippen LogP) is 3.19. The van der Waals surface area contributed by atoms with Crippen LogP contribution < -0.4 is 10.6 Å². The Morgan fingerprint density at radius 1 is 1.32 bits per heavy atom. The van der Waals surface area contributed by atoms with Crippen molar-refractivity contribution in [3.63, 3.8) is 0 Å². The third-order valence-electron chi connectivity index (χ3n) is 4.21. The summed E-state index contributed by atoms with van der Waals surface area (Å²) in [5.41, 5.74) is -0.406. The minimum Gasteiger partial charge on any atom is -0.385 e. The zero-order chi connectivity index (χ0) is 18.3. The summed E-state index contributed by atoms with van der Waals surface area (Å²) in [6, 6.07) is 3.98. The molecule has 1 saturated heterocycles. The fourth-order valence-electron chi connectivity index (χ4n) is 2.87. The van der Waals surface area contributed by atoms with Crippen molar-refractivity contribution in [1.82, 2.24) is 10.2 Å². The molecule has 1 aromatic carbocycles. The number of nitrogens with one attached hydrogen (secondary N) is 2. The predicted molar refractivity (Wildman–Crippen MR) is 89.5 cm³/mol. The van der Waals surface area contributed by atoms with Crippen molar-refractivity contribution in [1.29, 1.82) is 0 Å². The van der Waals surface area contributed by atoms with Crippen LogP contribution in [-0.2, 0) is 10.9 Å². The van der Waals surface area contributed by atoms with Gasteiger partial charge in [0.25, 0.3) is 0 Å². The number of nitrogens with zero attached hydrogens (tertiary/aromatic N) is 1. The highest BCUT2D eigenvalue weighted by Gasteiger charge is 2.30. The van der Waals surface area contributed by atoms with Crippen molar-refractivity contribution >= 4 is 11.7 Å². The number of halogens is 3. The van der Waals surface area contributed by atoms with Gasteiger partial charge in [-0.1, -0.05) is 0 Å². The number of rotatable bonds is 7. The van der Waals surface area contributed by atoms with Crippen LogP contribution in [0.1, 0.15) is 18.4 Å². The average molecular weight is 359 g/mol. The lowest BCUT2D eigenvalue weighted by atomic mass is 10.1. The Bertz CT molecular complexity index is 549. The van der Waals surface area contributed by atoms with Gasteiger partial charge in [-0.05, 0) is 49.6 Å². The topological polar surface area (TPSA) is 53.6 Å². The van der Waals surface area contributed by atoms with Gasteiger partial charge in [0.05, 0.1) is 5.56 Å². The minimum atomic E-state index is -4.38. The third kappa shape index (κ3) is 6.55. The van der Waals surface area contributed by atoms with E-state index >= 15 is 0 Å². The van der Waals surface area contributed by atoms with Gasteiger partial charge >= 0.3 is 12.2 Å². The summed E-state index contributed by atoms with van der Waals surface area (Å²) >= 11 is 0. The number of carbonyl (C=O) groups excluding carboxylic acids is 1. The molecule has 2 rings (SSSR count). The maximum atomic E-state index is 12.5. The number of urea groups is 1. The van der Waals surface area contributed by atoms with E-state index in [1.54, 1.807) is 7.11 Å². The second kappa shape index (κ2) is 9.05. The van der Waals surface area contributed by atoms with Gasteiger partial charge in [0.2, 0.25) is 0 Å². The molecule has 0 spiro atoms. The van der Waals surface area contributed by atoms with Crippen molar-refractivity contribution in [3.8, 4) is 0 Å². The van der Waals surface area contributed by atoms with Crippen molar-refractivity contribution in [2.24, 2.45) is 5.92 Å². The molecule has 1 aromatic rings. The molecule has 1 aliphatic rings. The number of hydrogen-bond acceptors (Lipinski definition) is 3. The van der Waals surface area contributed by atoms with Crippen LogP contribution in [0, 0.1) is 5.92 Å². The zero-order valence-corrected chi connectivity index (χ0v) is 14.2. The van der Waals surface area contributed by atoms with E-state index in [0.717, 1.165) is 51.2 Å². The van der Waals surface area contributed by atoms with Crippen LogP contribution in [0.15, 0.2) is 24.3 Å². The number of ether oxygens (including phenoxy) is 1. The van der Waals surface area contributed by atoms with Crippen LogP contribution in [0.5, 0.6) is 0 Å². The molecule has 1 aliphatic heterocycles. The van der Waals surface area contributed by atoms with E-state index in [1.165, 1.54) is 12.1 Å². The maximum Gasteiger partial charge on any atom is 0.416 e. The molecular formula is C17H24F3N3O2. The minimum absolute atomic E-state index is 0.332. The van der Waals surface area contributed by atoms with Crippen molar-refractivity contribution in [2.75, 3.05) is 45.2 Å². The number of likely N-dealkylation sites (tertiary alicyclic amines) is 1. The summed E-state index contributed by atoms with van der Waals surface area (Å²) in [5, 5.41) is 5.33. The summed E-state index contributed by atoms with van der Waals surface area (Å²) in [7, 11) is 1.69. The molecule has 0 aromatic heterocycles. The second-order valence-electron chi connectivity index (χ2n) is 6.21. The van der Waals surface area contributed by atoms with Gasteiger partial charge in [-0.25, -0.2) is 4.79 Å². The first-order chi connectivity index (χ1) is 11.9. The number of hydrogen-bond donors (Lipinski definition) is 2. The summed E-state index contributed by atoms with van der Waals surface area (Å²) in [5.74, 6) is 0.390. The monoisotopic (exact) mass is 359 g/mol. The smallest absolute Gasteiger partial charge is 0.385 e. The molecule has 0 saturated carbocycles. The van der Waals surface area contributed by atoms with Gasteiger partial charge in [0, 0.05) is 39.0 Å². The van der Waals surface area contributed by atoms with E-state index in [0.29, 0.717) is 18.2 Å². The van der Waals surface area contributed by atoms with E-state index < -0.39 is 17.8 Å². The quantitative estimate of drug-likeness (QED) is 0.735. The first-order valence-corrected chi connectivity index (χ1v) is 8.32. The van der Waals surface area contributed by atoms with Crippen molar-refractivity contribution < 1.29 is 22.7 Å². The molecule has 140 valence electrons. The first-order valence-electron chi connectivity index (χ1n) is 8.32. The molecular weight excluding hydrogens is 335 g/mol. The second-order valence-corrected chi connectivity index (χ2v) is 6.21. The fourth-order valence-corrected chi connectivity index (χ4v) is 2.87. The number of methoxy groups -OCH3 is 1. The van der Waals surface area contributed by atoms with Crippen LogP contribution in [-0.4, -0.2) is 50.8 Å². The Morgan fingerprint density at radius 2 is 2.04 bits per heavy atom. The lowest BCUT2D eigenvalue weighted by Crippen LogP contribution is -2.34. The van der Waals surface area contributed by atoms with E-state index in [9.17, 15) is 18.0 Å². The number of alkyl halides is 3. The van der Waals surface area contributed by atoms with E-state index in [1.807, 2.05) is 0 Å². The van der Waals surface area contributed by atoms with E-state index in [4.69, 9.17) is 4.74 Å². The third-order valence-corrected chi connectivity index (χ3v) is 4.21. The molecule has 5 nitrogen and oxygen atoms in total. The van der Waals surface area contributed by atoms with Crippen molar-refractivity contribution in [3.05, 3.63) is 29.8 Å². The number of benzene rings is 1. The molecule has 0 radical (unpaired) electrons. The van der Waals surface area contributed by atoms with Gasteiger partial charge in [0.15, 0.2) is 0 Å². The molecule has 1 fully saturated rings. The van der Waals surface area contributed by atoms with Crippen LogP contribution in [0.2, 0.25) is 0 Å². The Labute approximate surface area is 145 Å². The Balaban J connectivity index is 1.69. The van der Waals surface area contributed by atoms with Crippen LogP contribution >= 0.6 is 0 Å². The van der Waals surface area contributed by atoms with E-state index in [2.05, 4.69) is 15.5 Å². The summed E-state index contributed by atoms with van der Waals surface area (Å²) in [6.07, 6.45) is -2.36. The fraction of sp³-hybridized carbons (Fsp3) is 0.588. The first kappa shape index (κ1) is 19.5. The van der Waals surface area contributed by atoms with Gasteiger partial charge in [-0.15, -0.1) is 0 Å². The van der Waals surface area contributed by atoms with Gasteiger partial charge in [-0.2, -0.15) is 13.2 Å². The highest BCUT2D eigenvalue weighted by molar-refractivity contribution is 5.89. The Morgan fingerprint density at radius 3 is 2.68 bits per heavy atom. The van der Waals surface area contributed by atoms with Crippen LogP contribution in [0.25, 0.3) is 0 Å². The number of carbonyl (C=O) groups is 1. The van der Waals surface area contributed by atoms with Gasteiger partial charge < -0.3 is 20.3 Å². The summed E-state index contributed by atoms with van der Waals surface area (Å²) < 4.78 is 42.5. The highest BCUT2D eigenvalue weighted by Crippen LogP contribution is 2.29. The average Bonchev–Trinajstić information content (AvgIpc) is 3.01. The maximum absolute atomic E-state index is 12.5. The Kier molecular flexibility index (Phi) is 7.07.